The number of nitrogens with one attached hydrogen (secondary N) is 1. The van der Waals surface area contributed by atoms with Crippen molar-refractivity contribution in [3.63, 3.8) is 0 Å². The van der Waals surface area contributed by atoms with Gasteiger partial charge in [-0.05, 0) is 12.1 Å². The number of anilines is 1. The Bertz CT molecular complexity index is 493. The molecule has 0 saturated carbocycles. The second kappa shape index (κ2) is 3.39. The summed E-state index contributed by atoms with van der Waals surface area (Å²) in [4.78, 5) is 0. The number of hydrazone groups is 1. The fourth-order valence-corrected chi connectivity index (χ4v) is 1.30. The van der Waals surface area contributed by atoms with Gasteiger partial charge in [-0.3, -0.25) is 5.41 Å². The highest BCUT2D eigenvalue weighted by atomic mass is 15.5. The molecule has 0 amide bonds. The van der Waals surface area contributed by atoms with Gasteiger partial charge in [0.15, 0.2) is 11.5 Å². The number of amidine groups is 1. The zero-order chi connectivity index (χ0) is 10.8. The highest BCUT2D eigenvalue weighted by Gasteiger charge is 2.25. The third-order valence-corrected chi connectivity index (χ3v) is 2.09. The molecule has 0 fully saturated rings. The van der Waals surface area contributed by atoms with Crippen molar-refractivity contribution in [1.82, 2.24) is 0 Å². The molecule has 15 heavy (non-hydrogen) atoms. The van der Waals surface area contributed by atoms with E-state index in [4.69, 9.17) is 10.7 Å². The molecule has 0 bridgehead atoms. The molecule has 0 unspecified atom stereocenters. The standard InChI is InChI=1S/C11H8N4/c1-8-10(7-12)14-15(11(8)13)9-5-3-2-4-6-9/h2-6,13H,1H2. The predicted octanol–water partition coefficient (Wildman–Crippen LogP) is 1.92. The molecule has 0 atom stereocenters. The van der Waals surface area contributed by atoms with Crippen molar-refractivity contribution in [1.29, 1.82) is 10.7 Å². The van der Waals surface area contributed by atoms with Crippen LogP contribution < -0.4 is 5.01 Å². The molecule has 1 aliphatic heterocycles. The van der Waals surface area contributed by atoms with Crippen LogP contribution in [-0.2, 0) is 0 Å². The molecular formula is C11H8N4. The first-order valence-corrected chi connectivity index (χ1v) is 4.36. The van der Waals surface area contributed by atoms with Gasteiger partial charge in [0.1, 0.15) is 6.07 Å². The second-order valence-electron chi connectivity index (χ2n) is 3.03. The minimum absolute atomic E-state index is 0.151. The zero-order valence-electron chi connectivity index (χ0n) is 7.94. The number of hydrogen-bond donors (Lipinski definition) is 1. The van der Waals surface area contributed by atoms with Crippen LogP contribution in [0.1, 0.15) is 0 Å². The van der Waals surface area contributed by atoms with E-state index >= 15 is 0 Å². The number of nitrogens with zero attached hydrogens (tertiary/aromatic N) is 3. The summed E-state index contributed by atoms with van der Waals surface area (Å²) < 4.78 is 0. The van der Waals surface area contributed by atoms with Crippen LogP contribution in [0.15, 0.2) is 47.6 Å². The van der Waals surface area contributed by atoms with E-state index in [0.717, 1.165) is 5.69 Å². The van der Waals surface area contributed by atoms with Crippen LogP contribution in [0, 0.1) is 16.7 Å². The van der Waals surface area contributed by atoms with Gasteiger partial charge in [0.2, 0.25) is 0 Å². The maximum atomic E-state index is 8.75. The Morgan fingerprint density at radius 1 is 1.33 bits per heavy atom. The van der Waals surface area contributed by atoms with Crippen molar-refractivity contribution in [3.05, 3.63) is 42.5 Å². The van der Waals surface area contributed by atoms with Gasteiger partial charge in [0, 0.05) is 5.57 Å². The Morgan fingerprint density at radius 3 is 2.53 bits per heavy atom. The first kappa shape index (κ1) is 9.16. The molecule has 0 aromatic heterocycles. The summed E-state index contributed by atoms with van der Waals surface area (Å²) in [6, 6.07) is 11.1. The lowest BCUT2D eigenvalue weighted by molar-refractivity contribution is 1.14. The fraction of sp³-hybridized carbons (Fsp3) is 0. The molecule has 4 heteroatoms. The molecule has 0 radical (unpaired) electrons. The molecule has 1 heterocycles. The highest BCUT2D eigenvalue weighted by Crippen LogP contribution is 2.21. The molecule has 1 N–H and O–H groups in total. The summed E-state index contributed by atoms with van der Waals surface area (Å²) in [5.41, 5.74) is 1.32. The normalized spacial score (nSPS) is 15.1. The van der Waals surface area contributed by atoms with Crippen molar-refractivity contribution in [2.75, 3.05) is 5.01 Å². The smallest absolute Gasteiger partial charge is 0.171 e. The van der Waals surface area contributed by atoms with E-state index in [9.17, 15) is 0 Å². The van der Waals surface area contributed by atoms with Crippen molar-refractivity contribution in [3.8, 4) is 6.07 Å². The van der Waals surface area contributed by atoms with Crippen LogP contribution in [0.2, 0.25) is 0 Å². The maximum absolute atomic E-state index is 8.75. The van der Waals surface area contributed by atoms with Crippen LogP contribution in [0.3, 0.4) is 0 Å². The quantitative estimate of drug-likeness (QED) is 0.745. The largest absolute Gasteiger partial charge is 0.282 e. The lowest BCUT2D eigenvalue weighted by atomic mass is 10.2. The molecule has 1 aliphatic rings. The van der Waals surface area contributed by atoms with Gasteiger partial charge in [-0.2, -0.15) is 10.4 Å². The number of rotatable bonds is 1. The molecule has 1 aromatic carbocycles. The summed E-state index contributed by atoms with van der Waals surface area (Å²) in [6.07, 6.45) is 0. The van der Waals surface area contributed by atoms with Gasteiger partial charge in [-0.1, -0.05) is 24.8 Å². The van der Waals surface area contributed by atoms with E-state index in [1.54, 1.807) is 0 Å². The van der Waals surface area contributed by atoms with Gasteiger partial charge >= 0.3 is 0 Å². The highest BCUT2D eigenvalue weighted by molar-refractivity contribution is 6.35. The average molecular weight is 196 g/mol. The topological polar surface area (TPSA) is 63.2 Å². The van der Waals surface area contributed by atoms with Crippen LogP contribution >= 0.6 is 0 Å². The Kier molecular flexibility index (Phi) is 2.07. The predicted molar refractivity (Wildman–Crippen MR) is 58.8 cm³/mol. The van der Waals surface area contributed by atoms with Crippen LogP contribution in [-0.4, -0.2) is 11.5 Å². The molecule has 0 spiro atoms. The number of para-hydroxylation sites is 1. The van der Waals surface area contributed by atoms with Gasteiger partial charge in [0.05, 0.1) is 5.69 Å². The van der Waals surface area contributed by atoms with Crippen molar-refractivity contribution in [2.24, 2.45) is 5.10 Å². The average Bonchev–Trinajstić information content (AvgIpc) is 2.57. The Labute approximate surface area is 87.3 Å². The summed E-state index contributed by atoms with van der Waals surface area (Å²) >= 11 is 0. The van der Waals surface area contributed by atoms with Gasteiger partial charge in [0.25, 0.3) is 0 Å². The van der Waals surface area contributed by atoms with E-state index in [0.29, 0.717) is 5.57 Å². The van der Waals surface area contributed by atoms with Crippen molar-refractivity contribution < 1.29 is 0 Å². The van der Waals surface area contributed by atoms with Crippen LogP contribution in [0.4, 0.5) is 5.69 Å². The summed E-state index contributed by atoms with van der Waals surface area (Å²) in [5, 5.41) is 21.9. The second-order valence-corrected chi connectivity index (χ2v) is 3.03. The van der Waals surface area contributed by atoms with E-state index in [1.807, 2.05) is 36.4 Å². The molecular weight excluding hydrogens is 188 g/mol. The Hall–Kier alpha value is -2.41. The van der Waals surface area contributed by atoms with E-state index < -0.39 is 0 Å². The number of nitriles is 1. The summed E-state index contributed by atoms with van der Waals surface area (Å²) in [7, 11) is 0. The van der Waals surface area contributed by atoms with E-state index in [-0.39, 0.29) is 11.5 Å². The maximum Gasteiger partial charge on any atom is 0.171 e. The lowest BCUT2D eigenvalue weighted by Gasteiger charge is -2.12. The molecule has 4 nitrogen and oxygen atoms in total. The Morgan fingerprint density at radius 2 is 2.00 bits per heavy atom. The van der Waals surface area contributed by atoms with Crippen LogP contribution in [0.25, 0.3) is 0 Å². The first-order chi connectivity index (χ1) is 7.24. The van der Waals surface area contributed by atoms with Gasteiger partial charge in [-0.15, -0.1) is 0 Å². The Balaban J connectivity index is 2.42. The zero-order valence-corrected chi connectivity index (χ0v) is 7.94. The van der Waals surface area contributed by atoms with Crippen LogP contribution in [0.5, 0.6) is 0 Å². The molecule has 0 aliphatic carbocycles. The van der Waals surface area contributed by atoms with Gasteiger partial charge < -0.3 is 0 Å². The lowest BCUT2D eigenvalue weighted by Crippen LogP contribution is -2.19. The molecule has 1 aromatic rings. The first-order valence-electron chi connectivity index (χ1n) is 4.36. The summed E-state index contributed by atoms with van der Waals surface area (Å²) in [6.45, 7) is 3.64. The monoisotopic (exact) mass is 196 g/mol. The third-order valence-electron chi connectivity index (χ3n) is 2.09. The molecule has 2 rings (SSSR count). The van der Waals surface area contributed by atoms with Crippen molar-refractivity contribution >= 4 is 17.2 Å². The fourth-order valence-electron chi connectivity index (χ4n) is 1.30. The molecule has 0 saturated heterocycles. The minimum atomic E-state index is 0.151. The van der Waals surface area contributed by atoms with Gasteiger partial charge in [-0.25, -0.2) is 5.01 Å². The summed E-state index contributed by atoms with van der Waals surface area (Å²) in [5.74, 6) is 0.151. The number of hydrogen-bond acceptors (Lipinski definition) is 3. The van der Waals surface area contributed by atoms with E-state index in [2.05, 4.69) is 11.7 Å². The third kappa shape index (κ3) is 1.40. The van der Waals surface area contributed by atoms with Crippen molar-refractivity contribution in [2.45, 2.75) is 0 Å². The number of benzene rings is 1. The SMILES string of the molecule is C=C1C(=N)N(c2ccccc2)N=C1C#N. The minimum Gasteiger partial charge on any atom is -0.282 e. The molecule has 72 valence electrons. The van der Waals surface area contributed by atoms with E-state index in [1.165, 1.54) is 5.01 Å².